The van der Waals surface area contributed by atoms with E-state index in [2.05, 4.69) is 10.0 Å². The van der Waals surface area contributed by atoms with Crippen molar-refractivity contribution in [3.05, 3.63) is 41.2 Å². The summed E-state index contributed by atoms with van der Waals surface area (Å²) in [6.07, 6.45) is 1.93. The van der Waals surface area contributed by atoms with Gasteiger partial charge in [0.25, 0.3) is 0 Å². The van der Waals surface area contributed by atoms with Crippen molar-refractivity contribution in [1.82, 2.24) is 4.90 Å². The van der Waals surface area contributed by atoms with Crippen LogP contribution in [-0.4, -0.2) is 41.0 Å². The first-order chi connectivity index (χ1) is 11.8. The van der Waals surface area contributed by atoms with Crippen LogP contribution in [0.5, 0.6) is 0 Å². The van der Waals surface area contributed by atoms with Crippen LogP contribution in [-0.2, 0) is 9.57 Å². The van der Waals surface area contributed by atoms with Crippen LogP contribution in [0, 0.1) is 6.57 Å². The number of benzene rings is 1. The second-order valence-electron chi connectivity index (χ2n) is 7.62. The largest absolute Gasteiger partial charge is 0.444 e. The summed E-state index contributed by atoms with van der Waals surface area (Å²) in [4.78, 5) is 23.1. The summed E-state index contributed by atoms with van der Waals surface area (Å²) < 4.78 is 5.43. The van der Waals surface area contributed by atoms with Crippen molar-refractivity contribution in [2.75, 3.05) is 13.1 Å². The van der Waals surface area contributed by atoms with Gasteiger partial charge in [-0.25, -0.2) is 9.64 Å². The smallest absolute Gasteiger partial charge is 0.410 e. The molecule has 0 N–H and O–H groups in total. The molecule has 1 fully saturated rings. The number of hydrogen-bond donors (Lipinski definition) is 0. The van der Waals surface area contributed by atoms with Gasteiger partial charge < -0.3 is 14.5 Å². The number of likely N-dealkylation sites (tertiary alicyclic amines) is 1. The fourth-order valence-electron chi connectivity index (χ4n) is 3.10. The Kier molecular flexibility index (Phi) is 4.42. The van der Waals surface area contributed by atoms with E-state index >= 15 is 0 Å². The quantitative estimate of drug-likeness (QED) is 0.722. The Morgan fingerprint density at radius 2 is 1.92 bits per heavy atom. The zero-order valence-electron chi connectivity index (χ0n) is 14.9. The molecule has 0 radical (unpaired) electrons. The molecule has 0 saturated carbocycles. The molecule has 0 bridgehead atoms. The lowest BCUT2D eigenvalue weighted by molar-refractivity contribution is -0.0639. The highest BCUT2D eigenvalue weighted by Gasteiger charge is 2.43. The summed E-state index contributed by atoms with van der Waals surface area (Å²) in [5, 5.41) is 4.27. The molecule has 3 rings (SSSR count). The number of carbonyl (C=O) groups is 1. The summed E-state index contributed by atoms with van der Waals surface area (Å²) in [6, 6.07) is 7.40. The standard InChI is InChI=1S/C19H23N3O3/c1-18(2,3)24-17(23)22-11-9-19(10-12-22)13-16(21-25-19)14-5-7-15(20-4)8-6-14/h5-8H,9-13H2,1-3H3. The average Bonchev–Trinajstić information content (AvgIpc) is 2.98. The molecule has 0 atom stereocenters. The second-order valence-corrected chi connectivity index (χ2v) is 7.62. The SMILES string of the molecule is [C-]#[N+]c1ccc(C2=NOC3(CCN(C(=O)OC(C)(C)C)CC3)C2)cc1. The van der Waals surface area contributed by atoms with Crippen LogP contribution in [0.3, 0.4) is 0 Å². The summed E-state index contributed by atoms with van der Waals surface area (Å²) in [5.74, 6) is 0. The maximum Gasteiger partial charge on any atom is 0.410 e. The van der Waals surface area contributed by atoms with Crippen molar-refractivity contribution in [2.24, 2.45) is 5.16 Å². The van der Waals surface area contributed by atoms with E-state index in [4.69, 9.17) is 16.1 Å². The number of hydrogen-bond acceptors (Lipinski definition) is 4. The molecule has 6 heteroatoms. The van der Waals surface area contributed by atoms with Crippen LogP contribution >= 0.6 is 0 Å². The van der Waals surface area contributed by atoms with Crippen molar-refractivity contribution >= 4 is 17.5 Å². The van der Waals surface area contributed by atoms with Crippen molar-refractivity contribution < 1.29 is 14.4 Å². The zero-order valence-corrected chi connectivity index (χ0v) is 14.9. The summed E-state index contributed by atoms with van der Waals surface area (Å²) in [7, 11) is 0. The molecule has 1 saturated heterocycles. The Bertz CT molecular complexity index is 718. The van der Waals surface area contributed by atoms with Gasteiger partial charge in [-0.3, -0.25) is 0 Å². The van der Waals surface area contributed by atoms with Crippen molar-refractivity contribution in [2.45, 2.75) is 51.2 Å². The molecule has 2 aliphatic rings. The fraction of sp³-hybridized carbons (Fsp3) is 0.526. The maximum atomic E-state index is 12.2. The molecule has 1 aromatic carbocycles. The lowest BCUT2D eigenvalue weighted by atomic mass is 9.85. The van der Waals surface area contributed by atoms with Crippen LogP contribution in [0.1, 0.15) is 45.6 Å². The Morgan fingerprint density at radius 3 is 2.48 bits per heavy atom. The zero-order chi connectivity index (χ0) is 18.1. The van der Waals surface area contributed by atoms with Gasteiger partial charge >= 0.3 is 6.09 Å². The predicted octanol–water partition coefficient (Wildman–Crippen LogP) is 4.13. The number of carbonyl (C=O) groups excluding carboxylic acids is 1. The predicted molar refractivity (Wildman–Crippen MR) is 94.7 cm³/mol. The van der Waals surface area contributed by atoms with E-state index in [1.165, 1.54) is 0 Å². The van der Waals surface area contributed by atoms with Gasteiger partial charge in [0.15, 0.2) is 5.69 Å². The topological polar surface area (TPSA) is 55.5 Å². The fourth-order valence-corrected chi connectivity index (χ4v) is 3.10. The number of ether oxygens (including phenoxy) is 1. The van der Waals surface area contributed by atoms with Gasteiger partial charge in [-0.1, -0.05) is 29.4 Å². The number of nitrogens with zero attached hydrogens (tertiary/aromatic N) is 3. The van der Waals surface area contributed by atoms with Gasteiger partial charge in [0.05, 0.1) is 12.3 Å². The highest BCUT2D eigenvalue weighted by molar-refractivity contribution is 6.01. The average molecular weight is 341 g/mol. The minimum Gasteiger partial charge on any atom is -0.444 e. The first-order valence-electron chi connectivity index (χ1n) is 8.51. The van der Waals surface area contributed by atoms with E-state index in [0.717, 1.165) is 30.5 Å². The molecule has 1 aromatic rings. The van der Waals surface area contributed by atoms with Crippen molar-refractivity contribution in [3.8, 4) is 0 Å². The summed E-state index contributed by atoms with van der Waals surface area (Å²) >= 11 is 0. The Labute approximate surface area is 148 Å². The molecule has 0 aliphatic carbocycles. The molecule has 0 unspecified atom stereocenters. The van der Waals surface area contributed by atoms with E-state index in [1.807, 2.05) is 32.9 Å². The third kappa shape index (κ3) is 3.93. The summed E-state index contributed by atoms with van der Waals surface area (Å²) in [6.45, 7) is 13.8. The van der Waals surface area contributed by atoms with Crippen LogP contribution in [0.4, 0.5) is 10.5 Å². The van der Waals surface area contributed by atoms with E-state index in [0.29, 0.717) is 18.8 Å². The molecule has 25 heavy (non-hydrogen) atoms. The number of piperidine rings is 1. The van der Waals surface area contributed by atoms with Gasteiger partial charge in [-0.05, 0) is 26.3 Å². The van der Waals surface area contributed by atoms with Gasteiger partial charge in [0.2, 0.25) is 0 Å². The minimum absolute atomic E-state index is 0.267. The maximum absolute atomic E-state index is 12.2. The summed E-state index contributed by atoms with van der Waals surface area (Å²) in [5.41, 5.74) is 1.70. The highest BCUT2D eigenvalue weighted by atomic mass is 16.7. The van der Waals surface area contributed by atoms with Crippen molar-refractivity contribution in [3.63, 3.8) is 0 Å². The molecule has 1 amide bonds. The molecule has 0 aromatic heterocycles. The van der Waals surface area contributed by atoms with Crippen molar-refractivity contribution in [1.29, 1.82) is 0 Å². The second kappa shape index (κ2) is 6.40. The molecule has 2 aliphatic heterocycles. The molecule has 132 valence electrons. The number of amides is 1. The molecular weight excluding hydrogens is 318 g/mol. The third-order valence-corrected chi connectivity index (χ3v) is 4.50. The highest BCUT2D eigenvalue weighted by Crippen LogP contribution is 2.36. The lowest BCUT2D eigenvalue weighted by Gasteiger charge is -2.37. The first kappa shape index (κ1) is 17.3. The Morgan fingerprint density at radius 1 is 1.28 bits per heavy atom. The van der Waals surface area contributed by atoms with E-state index in [-0.39, 0.29) is 11.7 Å². The van der Waals surface area contributed by atoms with Gasteiger partial charge in [-0.2, -0.15) is 0 Å². The molecular formula is C19H23N3O3. The normalized spacial score (nSPS) is 19.1. The van der Waals surface area contributed by atoms with Gasteiger partial charge in [0.1, 0.15) is 11.2 Å². The third-order valence-electron chi connectivity index (χ3n) is 4.50. The Balaban J connectivity index is 1.58. The molecule has 1 spiro atoms. The van der Waals surface area contributed by atoms with Crippen LogP contribution in [0.25, 0.3) is 4.85 Å². The van der Waals surface area contributed by atoms with Crippen LogP contribution in [0.2, 0.25) is 0 Å². The first-order valence-corrected chi connectivity index (χ1v) is 8.51. The lowest BCUT2D eigenvalue weighted by Crippen LogP contribution is -2.48. The number of rotatable bonds is 1. The Hall–Kier alpha value is -2.55. The molecule has 6 nitrogen and oxygen atoms in total. The monoisotopic (exact) mass is 341 g/mol. The van der Waals surface area contributed by atoms with E-state index in [9.17, 15) is 4.79 Å². The van der Waals surface area contributed by atoms with Crippen LogP contribution < -0.4 is 0 Å². The minimum atomic E-state index is -0.482. The van der Waals surface area contributed by atoms with E-state index in [1.54, 1.807) is 17.0 Å². The van der Waals surface area contributed by atoms with E-state index < -0.39 is 5.60 Å². The van der Waals surface area contributed by atoms with Gasteiger partial charge in [-0.15, -0.1) is 0 Å². The number of oxime groups is 1. The molecule has 2 heterocycles. The van der Waals surface area contributed by atoms with Gasteiger partial charge in [0, 0.05) is 32.4 Å². The van der Waals surface area contributed by atoms with Crippen LogP contribution in [0.15, 0.2) is 29.4 Å².